The molecule has 1 atom stereocenters. The Morgan fingerprint density at radius 2 is 1.97 bits per heavy atom. The summed E-state index contributed by atoms with van der Waals surface area (Å²) < 4.78 is 17.3. The van der Waals surface area contributed by atoms with Crippen molar-refractivity contribution in [1.82, 2.24) is 10.6 Å². The zero-order chi connectivity index (χ0) is 20.3. The zero-order valence-corrected chi connectivity index (χ0v) is 20.1. The summed E-state index contributed by atoms with van der Waals surface area (Å²) in [6, 6.07) is 16.1. The molecule has 0 aromatic heterocycles. The standard InChI is InChI=1S/C23H31N3O3.HI/c1-18-8-9-20(22(14-18)29-17-19-10-12-27-16-19)15-26-23(24-2)25-11-13-28-21-6-4-3-5-7-21;/h3-9,14,19H,10-13,15-17H2,1-2H3,(H2,24,25,26);1H. The van der Waals surface area contributed by atoms with Gasteiger partial charge in [-0.3, -0.25) is 4.99 Å². The van der Waals surface area contributed by atoms with Crippen LogP contribution in [0.3, 0.4) is 0 Å². The molecule has 2 N–H and O–H groups in total. The number of benzene rings is 2. The Kier molecular flexibility index (Phi) is 10.8. The van der Waals surface area contributed by atoms with Gasteiger partial charge in [0.2, 0.25) is 0 Å². The highest BCUT2D eigenvalue weighted by Crippen LogP contribution is 2.22. The largest absolute Gasteiger partial charge is 0.493 e. The molecule has 0 radical (unpaired) electrons. The Labute approximate surface area is 196 Å². The van der Waals surface area contributed by atoms with Gasteiger partial charge in [0.05, 0.1) is 19.8 Å². The van der Waals surface area contributed by atoms with Gasteiger partial charge in [-0.15, -0.1) is 24.0 Å². The molecule has 7 heteroatoms. The number of para-hydroxylation sites is 1. The molecular weight excluding hydrogens is 493 g/mol. The van der Waals surface area contributed by atoms with Gasteiger partial charge >= 0.3 is 0 Å². The van der Waals surface area contributed by atoms with Crippen LogP contribution in [0, 0.1) is 12.8 Å². The van der Waals surface area contributed by atoms with Crippen molar-refractivity contribution in [2.45, 2.75) is 19.9 Å². The van der Waals surface area contributed by atoms with Gasteiger partial charge in [-0.1, -0.05) is 30.3 Å². The van der Waals surface area contributed by atoms with Gasteiger partial charge in [-0.25, -0.2) is 0 Å². The predicted molar refractivity (Wildman–Crippen MR) is 131 cm³/mol. The molecule has 0 bridgehead atoms. The lowest BCUT2D eigenvalue weighted by Crippen LogP contribution is -2.39. The van der Waals surface area contributed by atoms with Crippen molar-refractivity contribution < 1.29 is 14.2 Å². The van der Waals surface area contributed by atoms with Gasteiger partial charge in [0.25, 0.3) is 0 Å². The Bertz CT molecular complexity index is 781. The number of halogens is 1. The second kappa shape index (κ2) is 13.3. The van der Waals surface area contributed by atoms with Gasteiger partial charge in [0.15, 0.2) is 5.96 Å². The molecule has 1 unspecified atom stereocenters. The van der Waals surface area contributed by atoms with Crippen molar-refractivity contribution in [2.75, 3.05) is 40.0 Å². The summed E-state index contributed by atoms with van der Waals surface area (Å²) in [6.07, 6.45) is 1.07. The molecule has 0 aliphatic carbocycles. The van der Waals surface area contributed by atoms with E-state index < -0.39 is 0 Å². The summed E-state index contributed by atoms with van der Waals surface area (Å²) in [7, 11) is 1.76. The van der Waals surface area contributed by atoms with E-state index >= 15 is 0 Å². The van der Waals surface area contributed by atoms with Crippen LogP contribution < -0.4 is 20.1 Å². The highest BCUT2D eigenvalue weighted by molar-refractivity contribution is 14.0. The maximum Gasteiger partial charge on any atom is 0.191 e. The van der Waals surface area contributed by atoms with Crippen LogP contribution >= 0.6 is 24.0 Å². The molecule has 30 heavy (non-hydrogen) atoms. The van der Waals surface area contributed by atoms with Crippen LogP contribution in [0.4, 0.5) is 0 Å². The summed E-state index contributed by atoms with van der Waals surface area (Å²) >= 11 is 0. The molecule has 1 aliphatic heterocycles. The summed E-state index contributed by atoms with van der Waals surface area (Å²) in [4.78, 5) is 4.29. The topological polar surface area (TPSA) is 64.1 Å². The van der Waals surface area contributed by atoms with Crippen molar-refractivity contribution in [1.29, 1.82) is 0 Å². The van der Waals surface area contributed by atoms with Gasteiger partial charge in [0.1, 0.15) is 18.1 Å². The van der Waals surface area contributed by atoms with E-state index in [1.165, 1.54) is 5.56 Å². The van der Waals surface area contributed by atoms with E-state index in [0.29, 0.717) is 32.2 Å². The first-order valence-corrected chi connectivity index (χ1v) is 10.2. The predicted octanol–water partition coefficient (Wildman–Crippen LogP) is 3.77. The maximum absolute atomic E-state index is 6.12. The Morgan fingerprint density at radius 3 is 2.70 bits per heavy atom. The summed E-state index contributed by atoms with van der Waals surface area (Å²) in [5, 5.41) is 6.62. The van der Waals surface area contributed by atoms with Crippen LogP contribution in [0.1, 0.15) is 17.5 Å². The number of rotatable bonds is 9. The van der Waals surface area contributed by atoms with Crippen LogP contribution in [-0.4, -0.2) is 46.0 Å². The lowest BCUT2D eigenvalue weighted by atomic mass is 10.1. The number of nitrogens with one attached hydrogen (secondary N) is 2. The van der Waals surface area contributed by atoms with Crippen LogP contribution in [0.15, 0.2) is 53.5 Å². The van der Waals surface area contributed by atoms with Crippen LogP contribution in [0.2, 0.25) is 0 Å². The highest BCUT2D eigenvalue weighted by atomic mass is 127. The van der Waals surface area contributed by atoms with E-state index in [9.17, 15) is 0 Å². The molecule has 6 nitrogen and oxygen atoms in total. The van der Waals surface area contributed by atoms with Crippen molar-refractivity contribution in [3.63, 3.8) is 0 Å². The van der Waals surface area contributed by atoms with Crippen LogP contribution in [0.5, 0.6) is 11.5 Å². The number of hydrogen-bond acceptors (Lipinski definition) is 4. The quantitative estimate of drug-likeness (QED) is 0.226. The molecular formula is C23H32IN3O3. The first kappa shape index (κ1) is 24.3. The number of aryl methyl sites for hydroxylation is 1. The molecule has 1 fully saturated rings. The highest BCUT2D eigenvalue weighted by Gasteiger charge is 2.17. The Hall–Kier alpha value is -2.00. The molecule has 0 amide bonds. The van der Waals surface area contributed by atoms with Crippen molar-refractivity contribution in [3.05, 3.63) is 59.7 Å². The number of nitrogens with zero attached hydrogens (tertiary/aromatic N) is 1. The van der Waals surface area contributed by atoms with Gasteiger partial charge < -0.3 is 24.8 Å². The second-order valence-electron chi connectivity index (χ2n) is 7.17. The Balaban J connectivity index is 0.00000320. The minimum Gasteiger partial charge on any atom is -0.493 e. The lowest BCUT2D eigenvalue weighted by Gasteiger charge is -2.17. The number of hydrogen-bond donors (Lipinski definition) is 2. The molecule has 0 spiro atoms. The van der Waals surface area contributed by atoms with E-state index in [1.54, 1.807) is 7.05 Å². The molecule has 2 aromatic carbocycles. The third-order valence-corrected chi connectivity index (χ3v) is 4.80. The molecule has 1 heterocycles. The fourth-order valence-corrected chi connectivity index (χ4v) is 3.12. The fraction of sp³-hybridized carbons (Fsp3) is 0.435. The SMILES string of the molecule is CN=C(NCCOc1ccccc1)NCc1ccc(C)cc1OCC1CCOC1.I. The summed E-state index contributed by atoms with van der Waals surface area (Å²) in [5.41, 5.74) is 2.30. The third kappa shape index (κ3) is 8.02. The smallest absolute Gasteiger partial charge is 0.191 e. The number of ether oxygens (including phenoxy) is 3. The average molecular weight is 525 g/mol. The minimum atomic E-state index is 0. The molecule has 1 saturated heterocycles. The zero-order valence-electron chi connectivity index (χ0n) is 17.7. The minimum absolute atomic E-state index is 0. The summed E-state index contributed by atoms with van der Waals surface area (Å²) in [6.45, 7) is 6.26. The molecule has 1 aliphatic rings. The van der Waals surface area contributed by atoms with Crippen LogP contribution in [0.25, 0.3) is 0 Å². The average Bonchev–Trinajstić information content (AvgIpc) is 3.27. The monoisotopic (exact) mass is 525 g/mol. The fourth-order valence-electron chi connectivity index (χ4n) is 3.12. The molecule has 2 aromatic rings. The van der Waals surface area contributed by atoms with E-state index in [0.717, 1.165) is 42.7 Å². The maximum atomic E-state index is 6.12. The summed E-state index contributed by atoms with van der Waals surface area (Å²) in [5.74, 6) is 3.01. The van der Waals surface area contributed by atoms with E-state index in [4.69, 9.17) is 14.2 Å². The van der Waals surface area contributed by atoms with Crippen molar-refractivity contribution in [2.24, 2.45) is 10.9 Å². The van der Waals surface area contributed by atoms with Crippen molar-refractivity contribution >= 4 is 29.9 Å². The lowest BCUT2D eigenvalue weighted by molar-refractivity contribution is 0.166. The number of aliphatic imine (C=N–C) groups is 1. The Morgan fingerprint density at radius 1 is 1.13 bits per heavy atom. The normalized spacial score (nSPS) is 15.9. The van der Waals surface area contributed by atoms with Crippen LogP contribution in [-0.2, 0) is 11.3 Å². The van der Waals surface area contributed by atoms with Gasteiger partial charge in [-0.2, -0.15) is 0 Å². The number of guanidine groups is 1. The molecule has 0 saturated carbocycles. The molecule has 3 rings (SSSR count). The first-order chi connectivity index (χ1) is 14.2. The second-order valence-corrected chi connectivity index (χ2v) is 7.17. The van der Waals surface area contributed by atoms with Gasteiger partial charge in [-0.05, 0) is 37.1 Å². The van der Waals surface area contributed by atoms with Gasteiger partial charge in [0, 0.05) is 31.7 Å². The molecule has 164 valence electrons. The van der Waals surface area contributed by atoms with Crippen molar-refractivity contribution in [3.8, 4) is 11.5 Å². The van der Waals surface area contributed by atoms with E-state index in [2.05, 4.69) is 40.7 Å². The first-order valence-electron chi connectivity index (χ1n) is 10.2. The van der Waals surface area contributed by atoms with E-state index in [1.807, 2.05) is 30.3 Å². The van der Waals surface area contributed by atoms with E-state index in [-0.39, 0.29) is 24.0 Å². The third-order valence-electron chi connectivity index (χ3n) is 4.80.